The molecule has 1 heterocycles. The van der Waals surface area contributed by atoms with Crippen LogP contribution >= 0.6 is 12.2 Å². The van der Waals surface area contributed by atoms with Gasteiger partial charge in [0.15, 0.2) is 5.11 Å². The van der Waals surface area contributed by atoms with Crippen LogP contribution < -0.4 is 5.32 Å². The molecule has 0 spiro atoms. The van der Waals surface area contributed by atoms with Crippen molar-refractivity contribution in [2.75, 3.05) is 5.32 Å². The van der Waals surface area contributed by atoms with Gasteiger partial charge in [0.05, 0.1) is 15.9 Å². The Bertz CT molecular complexity index is 1200. The van der Waals surface area contributed by atoms with Crippen LogP contribution in [0.25, 0.3) is 0 Å². The minimum atomic E-state index is -4.09. The van der Waals surface area contributed by atoms with Crippen molar-refractivity contribution in [3.63, 3.8) is 0 Å². The van der Waals surface area contributed by atoms with Crippen LogP contribution in [0.1, 0.15) is 17.2 Å². The number of nitrogens with one attached hydrogen (secondary N) is 1. The highest BCUT2D eigenvalue weighted by atomic mass is 32.2. The molecule has 0 amide bonds. The van der Waals surface area contributed by atoms with Gasteiger partial charge >= 0.3 is 0 Å². The highest BCUT2D eigenvalue weighted by molar-refractivity contribution is 7.91. The summed E-state index contributed by atoms with van der Waals surface area (Å²) in [7, 11) is -4.09. The summed E-state index contributed by atoms with van der Waals surface area (Å²) < 4.78 is 28.2. The van der Waals surface area contributed by atoms with Gasteiger partial charge in [-0.1, -0.05) is 48.5 Å². The van der Waals surface area contributed by atoms with Gasteiger partial charge in [-0.25, -0.2) is 12.7 Å². The van der Waals surface area contributed by atoms with E-state index >= 15 is 0 Å². The Morgan fingerprint density at radius 2 is 1.55 bits per heavy atom. The highest BCUT2D eigenvalue weighted by Gasteiger charge is 2.39. The average Bonchev–Trinajstić information content (AvgIpc) is 2.73. The second-order valence-electron chi connectivity index (χ2n) is 6.38. The van der Waals surface area contributed by atoms with E-state index in [1.165, 1.54) is 24.3 Å². The van der Waals surface area contributed by atoms with Gasteiger partial charge in [-0.05, 0) is 36.0 Å². The zero-order valence-corrected chi connectivity index (χ0v) is 16.6. The van der Waals surface area contributed by atoms with Crippen molar-refractivity contribution in [3.05, 3.63) is 100 Å². The number of hydrogen-bond acceptors (Lipinski definition) is 5. The lowest BCUT2D eigenvalue weighted by atomic mass is 9.96. The zero-order chi connectivity index (χ0) is 20.6. The van der Waals surface area contributed by atoms with E-state index in [-0.39, 0.29) is 15.7 Å². The summed E-state index contributed by atoms with van der Waals surface area (Å²) in [6.45, 7) is 0. The van der Waals surface area contributed by atoms with Gasteiger partial charge in [-0.3, -0.25) is 10.1 Å². The maximum Gasteiger partial charge on any atom is 0.269 e. The molecule has 0 radical (unpaired) electrons. The fraction of sp³-hybridized carbons (Fsp3) is 0.0500. The van der Waals surface area contributed by atoms with E-state index in [9.17, 15) is 18.5 Å². The maximum absolute atomic E-state index is 13.5. The van der Waals surface area contributed by atoms with Gasteiger partial charge in [0.1, 0.15) is 0 Å². The lowest BCUT2D eigenvalue weighted by Crippen LogP contribution is -2.46. The summed E-state index contributed by atoms with van der Waals surface area (Å²) in [6.07, 6.45) is 0. The first-order valence-electron chi connectivity index (χ1n) is 8.63. The van der Waals surface area contributed by atoms with Crippen molar-refractivity contribution in [1.82, 2.24) is 4.31 Å². The number of nitro groups is 1. The first kappa shape index (κ1) is 19.0. The SMILES string of the molecule is O=[N+]([O-])c1ccc(S(=O)(=O)N2C(=S)Nc3ccccc3[C@H]2c2ccccc2)cc1. The summed E-state index contributed by atoms with van der Waals surface area (Å²) in [5, 5.41) is 13.9. The average molecular weight is 425 g/mol. The van der Waals surface area contributed by atoms with E-state index in [1.54, 1.807) is 0 Å². The number of nitrogens with zero attached hydrogens (tertiary/aromatic N) is 2. The van der Waals surface area contributed by atoms with Gasteiger partial charge in [-0.15, -0.1) is 0 Å². The quantitative estimate of drug-likeness (QED) is 0.385. The molecule has 0 fully saturated rings. The molecule has 0 aliphatic carbocycles. The van der Waals surface area contributed by atoms with Crippen molar-refractivity contribution in [2.24, 2.45) is 0 Å². The van der Waals surface area contributed by atoms with E-state index < -0.39 is 21.0 Å². The molecule has 29 heavy (non-hydrogen) atoms. The van der Waals surface area contributed by atoms with Crippen LogP contribution in [0.2, 0.25) is 0 Å². The fourth-order valence-corrected chi connectivity index (χ4v) is 5.31. The van der Waals surface area contributed by atoms with Crippen molar-refractivity contribution in [3.8, 4) is 0 Å². The molecule has 4 rings (SSSR count). The molecule has 7 nitrogen and oxygen atoms in total. The Kier molecular flexibility index (Phi) is 4.77. The molecule has 146 valence electrons. The first-order valence-corrected chi connectivity index (χ1v) is 10.5. The number of non-ortho nitro benzene ring substituents is 1. The molecule has 9 heteroatoms. The third-order valence-electron chi connectivity index (χ3n) is 4.65. The van der Waals surface area contributed by atoms with Gasteiger partial charge in [0, 0.05) is 23.4 Å². The van der Waals surface area contributed by atoms with Crippen LogP contribution in [-0.4, -0.2) is 22.8 Å². The second-order valence-corrected chi connectivity index (χ2v) is 8.58. The van der Waals surface area contributed by atoms with Crippen molar-refractivity contribution >= 4 is 38.7 Å². The van der Waals surface area contributed by atoms with Gasteiger partial charge in [0.2, 0.25) is 0 Å². The number of anilines is 1. The Morgan fingerprint density at radius 3 is 2.21 bits per heavy atom. The van der Waals surface area contributed by atoms with Crippen LogP contribution in [-0.2, 0) is 10.0 Å². The minimum absolute atomic E-state index is 0.0379. The summed E-state index contributed by atoms with van der Waals surface area (Å²) in [6, 6.07) is 20.7. The van der Waals surface area contributed by atoms with Gasteiger partial charge < -0.3 is 5.32 Å². The zero-order valence-electron chi connectivity index (χ0n) is 14.9. The molecule has 0 aromatic heterocycles. The number of rotatable bonds is 4. The molecule has 0 saturated carbocycles. The minimum Gasteiger partial charge on any atom is -0.331 e. The van der Waals surface area contributed by atoms with E-state index in [0.717, 1.165) is 21.1 Å². The normalized spacial score (nSPS) is 16.1. The Morgan fingerprint density at radius 1 is 0.931 bits per heavy atom. The van der Waals surface area contributed by atoms with Crippen LogP contribution in [0.5, 0.6) is 0 Å². The summed E-state index contributed by atoms with van der Waals surface area (Å²) in [5.74, 6) is 0. The number of hydrogen-bond donors (Lipinski definition) is 1. The summed E-state index contributed by atoms with van der Waals surface area (Å²) in [5.41, 5.74) is 2.07. The molecule has 1 aliphatic rings. The van der Waals surface area contributed by atoms with Crippen LogP contribution in [0, 0.1) is 10.1 Å². The van der Waals surface area contributed by atoms with Crippen LogP contribution in [0.4, 0.5) is 11.4 Å². The van der Waals surface area contributed by atoms with Gasteiger partial charge in [-0.2, -0.15) is 0 Å². The topological polar surface area (TPSA) is 92.5 Å². The van der Waals surface area contributed by atoms with E-state index in [1.807, 2.05) is 54.6 Å². The van der Waals surface area contributed by atoms with Crippen molar-refractivity contribution in [2.45, 2.75) is 10.9 Å². The number of para-hydroxylation sites is 1. The highest BCUT2D eigenvalue weighted by Crippen LogP contribution is 2.40. The fourth-order valence-electron chi connectivity index (χ4n) is 3.31. The third kappa shape index (κ3) is 3.34. The molecule has 0 bridgehead atoms. The van der Waals surface area contributed by atoms with Crippen LogP contribution in [0.3, 0.4) is 0 Å². The molecule has 3 aromatic rings. The molecule has 1 aliphatic heterocycles. The van der Waals surface area contributed by atoms with Crippen molar-refractivity contribution < 1.29 is 13.3 Å². The largest absolute Gasteiger partial charge is 0.331 e. The van der Waals surface area contributed by atoms with Crippen LogP contribution in [0.15, 0.2) is 83.8 Å². The molecule has 1 N–H and O–H groups in total. The third-order valence-corrected chi connectivity index (χ3v) is 6.84. The summed E-state index contributed by atoms with van der Waals surface area (Å²) >= 11 is 5.42. The molecular formula is C20H15N3O4S2. The van der Waals surface area contributed by atoms with Gasteiger partial charge in [0.25, 0.3) is 15.7 Å². The maximum atomic E-state index is 13.5. The smallest absolute Gasteiger partial charge is 0.269 e. The molecule has 1 atom stereocenters. The Labute approximate surface area is 172 Å². The first-order chi connectivity index (χ1) is 13.9. The lowest BCUT2D eigenvalue weighted by molar-refractivity contribution is -0.384. The standard InChI is InChI=1S/C20H15N3O4S2/c24-23(25)15-10-12-16(13-11-15)29(26,27)22-19(14-6-2-1-3-7-14)17-8-4-5-9-18(17)21-20(22)28/h1-13,19H,(H,21,28)/t19-/m1/s1. The molecule has 3 aromatic carbocycles. The van der Waals surface area contributed by atoms with E-state index in [2.05, 4.69) is 5.32 Å². The predicted molar refractivity (Wildman–Crippen MR) is 113 cm³/mol. The predicted octanol–water partition coefficient (Wildman–Crippen LogP) is 4.09. The number of thiocarbonyl (C=S) groups is 1. The molecule has 0 saturated heterocycles. The van der Waals surface area contributed by atoms with E-state index in [4.69, 9.17) is 12.2 Å². The Hall–Kier alpha value is -3.30. The number of benzene rings is 3. The number of nitro benzene ring substituents is 1. The Balaban J connectivity index is 1.88. The summed E-state index contributed by atoms with van der Waals surface area (Å²) in [4.78, 5) is 10.3. The van der Waals surface area contributed by atoms with E-state index in [0.29, 0.717) is 0 Å². The molecule has 0 unspecified atom stereocenters. The number of sulfonamides is 1. The van der Waals surface area contributed by atoms with Crippen molar-refractivity contribution in [1.29, 1.82) is 0 Å². The second kappa shape index (κ2) is 7.26. The molecular weight excluding hydrogens is 410 g/mol. The monoisotopic (exact) mass is 425 g/mol. The number of fused-ring (bicyclic) bond motifs is 1. The lowest BCUT2D eigenvalue weighted by Gasteiger charge is -2.38.